The zero-order chi connectivity index (χ0) is 14.2. The Kier molecular flexibility index (Phi) is 4.01. The minimum absolute atomic E-state index is 0.0681. The summed E-state index contributed by atoms with van der Waals surface area (Å²) in [5, 5.41) is 0. The van der Waals surface area contributed by atoms with Gasteiger partial charge in [-0.05, 0) is 40.9 Å². The largest absolute Gasteiger partial charge is 0.338 e. The number of hydrogen-bond acceptors (Lipinski definition) is 3. The third-order valence-corrected chi connectivity index (χ3v) is 6.30. The van der Waals surface area contributed by atoms with E-state index in [4.69, 9.17) is 0 Å². The summed E-state index contributed by atoms with van der Waals surface area (Å²) in [5.41, 5.74) is 1.56. The second-order valence-corrected chi connectivity index (χ2v) is 7.93. The molecule has 0 N–H and O–H groups in total. The van der Waals surface area contributed by atoms with Gasteiger partial charge in [0.05, 0.1) is 17.1 Å². The van der Waals surface area contributed by atoms with Crippen LogP contribution >= 0.6 is 15.9 Å². The number of hydrogen-bond donors (Lipinski definition) is 0. The summed E-state index contributed by atoms with van der Waals surface area (Å²) in [6.45, 7) is 1.92. The van der Waals surface area contributed by atoms with Crippen molar-refractivity contribution in [2.75, 3.05) is 18.6 Å². The van der Waals surface area contributed by atoms with Gasteiger partial charge in [-0.1, -0.05) is 12.1 Å². The molecule has 1 heterocycles. The SMILES string of the molecule is Cc1cccc(C(=O)N(C)C2CCS(=O)(=O)C2)c1Br. The summed E-state index contributed by atoms with van der Waals surface area (Å²) in [7, 11) is -1.31. The summed E-state index contributed by atoms with van der Waals surface area (Å²) in [6, 6.07) is 5.28. The van der Waals surface area contributed by atoms with Gasteiger partial charge >= 0.3 is 0 Å². The van der Waals surface area contributed by atoms with E-state index in [-0.39, 0.29) is 23.5 Å². The maximum Gasteiger partial charge on any atom is 0.255 e. The van der Waals surface area contributed by atoms with Crippen LogP contribution in [0, 0.1) is 6.92 Å². The minimum Gasteiger partial charge on any atom is -0.338 e. The van der Waals surface area contributed by atoms with Crippen LogP contribution < -0.4 is 0 Å². The fraction of sp³-hybridized carbons (Fsp3) is 0.462. The summed E-state index contributed by atoms with van der Waals surface area (Å²) >= 11 is 3.41. The molecule has 0 aromatic heterocycles. The number of amides is 1. The van der Waals surface area contributed by atoms with E-state index in [0.29, 0.717) is 12.0 Å². The van der Waals surface area contributed by atoms with Crippen LogP contribution in [0.3, 0.4) is 0 Å². The lowest BCUT2D eigenvalue weighted by Gasteiger charge is -2.24. The molecule has 6 heteroatoms. The van der Waals surface area contributed by atoms with Gasteiger partial charge in [-0.3, -0.25) is 4.79 Å². The van der Waals surface area contributed by atoms with Crippen molar-refractivity contribution in [1.82, 2.24) is 4.90 Å². The lowest BCUT2D eigenvalue weighted by molar-refractivity contribution is 0.0746. The Labute approximate surface area is 121 Å². The second kappa shape index (κ2) is 5.25. The maximum atomic E-state index is 12.4. The van der Waals surface area contributed by atoms with Gasteiger partial charge in [-0.25, -0.2) is 8.42 Å². The molecule has 0 saturated carbocycles. The number of aryl methyl sites for hydroxylation is 1. The summed E-state index contributed by atoms with van der Waals surface area (Å²) < 4.78 is 23.7. The highest BCUT2D eigenvalue weighted by Crippen LogP contribution is 2.24. The molecule has 0 aliphatic carbocycles. The Morgan fingerprint density at radius 1 is 1.42 bits per heavy atom. The van der Waals surface area contributed by atoms with Crippen molar-refractivity contribution in [2.24, 2.45) is 0 Å². The molecule has 0 spiro atoms. The molecular formula is C13H16BrNO3S. The fourth-order valence-corrected chi connectivity index (χ4v) is 4.46. The third-order valence-electron chi connectivity index (χ3n) is 3.50. The van der Waals surface area contributed by atoms with Crippen LogP contribution in [-0.4, -0.2) is 43.8 Å². The predicted octanol–water partition coefficient (Wildman–Crippen LogP) is 2.02. The molecule has 0 bridgehead atoms. The van der Waals surface area contributed by atoms with E-state index in [2.05, 4.69) is 15.9 Å². The standard InChI is InChI=1S/C13H16BrNO3S/c1-9-4-3-5-11(12(9)14)13(16)15(2)10-6-7-19(17,18)8-10/h3-5,10H,6-8H2,1-2H3. The zero-order valence-electron chi connectivity index (χ0n) is 10.9. The maximum absolute atomic E-state index is 12.4. The first-order valence-corrected chi connectivity index (χ1v) is 8.66. The monoisotopic (exact) mass is 345 g/mol. The Hall–Kier alpha value is -0.880. The summed E-state index contributed by atoms with van der Waals surface area (Å²) in [5.74, 6) is 0.0980. The van der Waals surface area contributed by atoms with Crippen LogP contribution in [0.25, 0.3) is 0 Å². The molecule has 4 nitrogen and oxygen atoms in total. The van der Waals surface area contributed by atoms with E-state index < -0.39 is 9.84 Å². The van der Waals surface area contributed by atoms with Crippen LogP contribution in [0.2, 0.25) is 0 Å². The van der Waals surface area contributed by atoms with Gasteiger partial charge in [0.1, 0.15) is 0 Å². The quantitative estimate of drug-likeness (QED) is 0.823. The van der Waals surface area contributed by atoms with Crippen LogP contribution in [-0.2, 0) is 9.84 Å². The predicted molar refractivity (Wildman–Crippen MR) is 78.0 cm³/mol. The molecule has 1 aromatic rings. The molecular weight excluding hydrogens is 330 g/mol. The van der Waals surface area contributed by atoms with Gasteiger partial charge in [0.15, 0.2) is 9.84 Å². The molecule has 104 valence electrons. The molecule has 1 unspecified atom stereocenters. The van der Waals surface area contributed by atoms with E-state index >= 15 is 0 Å². The molecule has 2 rings (SSSR count). The third kappa shape index (κ3) is 3.00. The summed E-state index contributed by atoms with van der Waals surface area (Å²) in [6.07, 6.45) is 0.522. The van der Waals surface area contributed by atoms with Gasteiger partial charge in [0.25, 0.3) is 5.91 Å². The fourth-order valence-electron chi connectivity index (χ4n) is 2.25. The van der Waals surface area contributed by atoms with Crippen molar-refractivity contribution in [3.63, 3.8) is 0 Å². The lowest BCUT2D eigenvalue weighted by Crippen LogP contribution is -2.38. The molecule has 19 heavy (non-hydrogen) atoms. The van der Waals surface area contributed by atoms with Gasteiger partial charge < -0.3 is 4.90 Å². The second-order valence-electron chi connectivity index (χ2n) is 4.91. The van der Waals surface area contributed by atoms with Gasteiger partial charge in [0.2, 0.25) is 0 Å². The Morgan fingerprint density at radius 3 is 2.68 bits per heavy atom. The highest BCUT2D eigenvalue weighted by atomic mass is 79.9. The van der Waals surface area contributed by atoms with Crippen molar-refractivity contribution >= 4 is 31.7 Å². The topological polar surface area (TPSA) is 54.5 Å². The van der Waals surface area contributed by atoms with Crippen molar-refractivity contribution in [1.29, 1.82) is 0 Å². The first kappa shape index (κ1) is 14.5. The summed E-state index contributed by atoms with van der Waals surface area (Å²) in [4.78, 5) is 14.0. The molecule has 1 atom stereocenters. The first-order valence-electron chi connectivity index (χ1n) is 6.04. The van der Waals surface area contributed by atoms with E-state index in [0.717, 1.165) is 10.0 Å². The molecule has 0 radical (unpaired) electrons. The molecule has 1 amide bonds. The van der Waals surface area contributed by atoms with E-state index in [1.165, 1.54) is 0 Å². The van der Waals surface area contributed by atoms with Crippen LogP contribution in [0.4, 0.5) is 0 Å². The van der Waals surface area contributed by atoms with Crippen molar-refractivity contribution < 1.29 is 13.2 Å². The van der Waals surface area contributed by atoms with Crippen molar-refractivity contribution in [3.8, 4) is 0 Å². The molecule has 1 fully saturated rings. The molecule has 1 aliphatic heterocycles. The number of benzene rings is 1. The van der Waals surface area contributed by atoms with Crippen molar-refractivity contribution in [2.45, 2.75) is 19.4 Å². The number of sulfone groups is 1. The molecule has 1 aliphatic rings. The average molecular weight is 346 g/mol. The number of carbonyl (C=O) groups is 1. The lowest BCUT2D eigenvalue weighted by atomic mass is 10.1. The van der Waals surface area contributed by atoms with Crippen molar-refractivity contribution in [3.05, 3.63) is 33.8 Å². The Morgan fingerprint density at radius 2 is 2.11 bits per heavy atom. The number of halogens is 1. The number of nitrogens with zero attached hydrogens (tertiary/aromatic N) is 1. The Balaban J connectivity index is 2.23. The van der Waals surface area contributed by atoms with E-state index in [1.807, 2.05) is 19.1 Å². The average Bonchev–Trinajstić information content (AvgIpc) is 2.71. The van der Waals surface area contributed by atoms with E-state index in [1.54, 1.807) is 18.0 Å². The minimum atomic E-state index is -2.98. The van der Waals surface area contributed by atoms with E-state index in [9.17, 15) is 13.2 Å². The van der Waals surface area contributed by atoms with Gasteiger partial charge in [0, 0.05) is 17.6 Å². The number of rotatable bonds is 2. The van der Waals surface area contributed by atoms with Gasteiger partial charge in [-0.15, -0.1) is 0 Å². The highest BCUT2D eigenvalue weighted by molar-refractivity contribution is 9.10. The normalized spacial score (nSPS) is 21.3. The Bertz CT molecular complexity index is 612. The smallest absolute Gasteiger partial charge is 0.255 e. The van der Waals surface area contributed by atoms with Crippen LogP contribution in [0.1, 0.15) is 22.3 Å². The highest BCUT2D eigenvalue weighted by Gasteiger charge is 2.33. The van der Waals surface area contributed by atoms with Crippen LogP contribution in [0.15, 0.2) is 22.7 Å². The first-order chi connectivity index (χ1) is 8.82. The number of carbonyl (C=O) groups excluding carboxylic acids is 1. The molecule has 1 aromatic carbocycles. The van der Waals surface area contributed by atoms with Gasteiger partial charge in [-0.2, -0.15) is 0 Å². The molecule has 1 saturated heterocycles. The zero-order valence-corrected chi connectivity index (χ0v) is 13.3. The van der Waals surface area contributed by atoms with Crippen LogP contribution in [0.5, 0.6) is 0 Å².